The Kier molecular flexibility index (Phi) is 27.5. The molecule has 0 aromatic rings. The van der Waals surface area contributed by atoms with Gasteiger partial charge in [0.05, 0.1) is 106 Å². The highest BCUT2D eigenvalue weighted by Gasteiger charge is 2.15. The Morgan fingerprint density at radius 3 is 1.11 bits per heavy atom. The van der Waals surface area contributed by atoms with Crippen molar-refractivity contribution in [2.24, 2.45) is 0 Å². The standard InChI is InChI=1S/C27H54O10/c1-5-6-7-8-10-29-12-14-31-16-18-33-20-22-35-24-25-36-23-21-34-19-17-32-15-13-30-11-9-26(28)37-27(2,3)4/h5-25H2,1-4H3. The Hall–Kier alpha value is -0.850. The molecule has 222 valence electrons. The van der Waals surface area contributed by atoms with Crippen LogP contribution in [0.5, 0.6) is 0 Å². The Bertz CT molecular complexity index is 471. The molecule has 0 unspecified atom stereocenters. The van der Waals surface area contributed by atoms with Crippen molar-refractivity contribution in [3.8, 4) is 0 Å². The highest BCUT2D eigenvalue weighted by Crippen LogP contribution is 2.08. The van der Waals surface area contributed by atoms with Gasteiger partial charge in [0.1, 0.15) is 5.60 Å². The van der Waals surface area contributed by atoms with Crippen LogP contribution in [0.15, 0.2) is 0 Å². The van der Waals surface area contributed by atoms with Gasteiger partial charge in [-0.25, -0.2) is 0 Å². The van der Waals surface area contributed by atoms with E-state index in [4.69, 9.17) is 42.6 Å². The van der Waals surface area contributed by atoms with Gasteiger partial charge in [0.15, 0.2) is 0 Å². The molecule has 37 heavy (non-hydrogen) atoms. The number of unbranched alkanes of at least 4 members (excludes halogenated alkanes) is 3. The summed E-state index contributed by atoms with van der Waals surface area (Å²) in [5.74, 6) is -0.258. The number of esters is 1. The summed E-state index contributed by atoms with van der Waals surface area (Å²) < 4.78 is 48.8. The average Bonchev–Trinajstić information content (AvgIpc) is 2.84. The van der Waals surface area contributed by atoms with Crippen molar-refractivity contribution in [3.05, 3.63) is 0 Å². The predicted molar refractivity (Wildman–Crippen MR) is 141 cm³/mol. The highest BCUT2D eigenvalue weighted by atomic mass is 16.6. The fourth-order valence-corrected chi connectivity index (χ4v) is 2.82. The molecule has 0 bridgehead atoms. The molecule has 0 N–H and O–H groups in total. The second-order valence-corrected chi connectivity index (χ2v) is 9.30. The molecule has 0 saturated carbocycles. The van der Waals surface area contributed by atoms with Crippen LogP contribution in [-0.4, -0.2) is 117 Å². The maximum absolute atomic E-state index is 11.5. The normalized spacial score (nSPS) is 11.8. The largest absolute Gasteiger partial charge is 0.460 e. The quantitative estimate of drug-likeness (QED) is 0.104. The summed E-state index contributed by atoms with van der Waals surface area (Å²) in [6, 6.07) is 0. The number of ether oxygens (including phenoxy) is 9. The first-order valence-electron chi connectivity index (χ1n) is 13.8. The van der Waals surface area contributed by atoms with Crippen molar-refractivity contribution in [2.45, 2.75) is 65.4 Å². The number of rotatable bonds is 29. The zero-order chi connectivity index (χ0) is 27.3. The molecule has 0 aliphatic rings. The first kappa shape index (κ1) is 36.1. The molecular weight excluding hydrogens is 484 g/mol. The Labute approximate surface area is 224 Å². The van der Waals surface area contributed by atoms with Crippen LogP contribution in [0.2, 0.25) is 0 Å². The summed E-state index contributed by atoms with van der Waals surface area (Å²) >= 11 is 0. The van der Waals surface area contributed by atoms with E-state index < -0.39 is 5.60 Å². The van der Waals surface area contributed by atoms with E-state index in [1.54, 1.807) is 0 Å². The van der Waals surface area contributed by atoms with E-state index in [2.05, 4.69) is 6.92 Å². The molecule has 0 atom stereocenters. The Morgan fingerprint density at radius 1 is 0.459 bits per heavy atom. The van der Waals surface area contributed by atoms with Crippen LogP contribution in [0.25, 0.3) is 0 Å². The van der Waals surface area contributed by atoms with E-state index in [0.717, 1.165) is 13.0 Å². The molecule has 0 spiro atoms. The van der Waals surface area contributed by atoms with Gasteiger partial charge >= 0.3 is 5.97 Å². The molecule has 0 rings (SSSR count). The number of carbonyl (C=O) groups is 1. The second-order valence-electron chi connectivity index (χ2n) is 9.30. The van der Waals surface area contributed by atoms with Gasteiger partial charge in [0.2, 0.25) is 0 Å². The lowest BCUT2D eigenvalue weighted by Crippen LogP contribution is -2.24. The van der Waals surface area contributed by atoms with E-state index in [1.807, 2.05) is 20.8 Å². The zero-order valence-electron chi connectivity index (χ0n) is 23.9. The average molecular weight is 539 g/mol. The smallest absolute Gasteiger partial charge is 0.308 e. The molecule has 10 heteroatoms. The third-order valence-electron chi connectivity index (χ3n) is 4.62. The van der Waals surface area contributed by atoms with Gasteiger partial charge in [-0.05, 0) is 27.2 Å². The molecule has 0 aliphatic carbocycles. The van der Waals surface area contributed by atoms with Gasteiger partial charge in [-0.15, -0.1) is 0 Å². The van der Waals surface area contributed by atoms with Gasteiger partial charge in [0.25, 0.3) is 0 Å². The van der Waals surface area contributed by atoms with Crippen LogP contribution in [0.4, 0.5) is 0 Å². The third kappa shape index (κ3) is 33.1. The number of hydrogen-bond donors (Lipinski definition) is 0. The van der Waals surface area contributed by atoms with Crippen molar-refractivity contribution < 1.29 is 47.4 Å². The summed E-state index contributed by atoms with van der Waals surface area (Å²) in [7, 11) is 0. The summed E-state index contributed by atoms with van der Waals surface area (Å²) in [5, 5.41) is 0. The maximum atomic E-state index is 11.5. The molecule has 0 aromatic heterocycles. The summed E-state index contributed by atoms with van der Waals surface area (Å²) in [6.07, 6.45) is 5.13. The van der Waals surface area contributed by atoms with E-state index in [1.165, 1.54) is 19.3 Å². The lowest BCUT2D eigenvalue weighted by Gasteiger charge is -2.19. The minimum Gasteiger partial charge on any atom is -0.460 e. The summed E-state index contributed by atoms with van der Waals surface area (Å²) in [6.45, 7) is 16.2. The van der Waals surface area contributed by atoms with E-state index in [0.29, 0.717) is 99.1 Å². The lowest BCUT2D eigenvalue weighted by atomic mass is 10.2. The van der Waals surface area contributed by atoms with Crippen LogP contribution < -0.4 is 0 Å². The highest BCUT2D eigenvalue weighted by molar-refractivity contribution is 5.69. The molecule has 0 heterocycles. The predicted octanol–water partition coefficient (Wildman–Crippen LogP) is 3.43. The van der Waals surface area contributed by atoms with E-state index >= 15 is 0 Å². The van der Waals surface area contributed by atoms with Crippen molar-refractivity contribution in [3.63, 3.8) is 0 Å². The van der Waals surface area contributed by atoms with Gasteiger partial charge in [-0.2, -0.15) is 0 Å². The molecule has 0 fully saturated rings. The van der Waals surface area contributed by atoms with Crippen molar-refractivity contribution in [2.75, 3.05) is 106 Å². The summed E-state index contributed by atoms with van der Waals surface area (Å²) in [4.78, 5) is 11.5. The SMILES string of the molecule is CCCCCCOCCOCCOCCOCCOCCOCCOCCOCCC(=O)OC(C)(C)C. The van der Waals surface area contributed by atoms with Crippen molar-refractivity contribution >= 4 is 5.97 Å². The second kappa shape index (κ2) is 28.2. The lowest BCUT2D eigenvalue weighted by molar-refractivity contribution is -0.156. The minimum absolute atomic E-state index is 0.241. The van der Waals surface area contributed by atoms with Crippen molar-refractivity contribution in [1.82, 2.24) is 0 Å². The van der Waals surface area contributed by atoms with Crippen molar-refractivity contribution in [1.29, 1.82) is 0 Å². The zero-order valence-corrected chi connectivity index (χ0v) is 23.9. The van der Waals surface area contributed by atoms with Crippen LogP contribution >= 0.6 is 0 Å². The van der Waals surface area contributed by atoms with Crippen LogP contribution in [0.3, 0.4) is 0 Å². The minimum atomic E-state index is -0.465. The molecule has 0 aromatic carbocycles. The maximum Gasteiger partial charge on any atom is 0.308 e. The third-order valence-corrected chi connectivity index (χ3v) is 4.62. The first-order valence-corrected chi connectivity index (χ1v) is 13.8. The molecule has 0 radical (unpaired) electrons. The van der Waals surface area contributed by atoms with Gasteiger partial charge in [-0.3, -0.25) is 4.79 Å². The fourth-order valence-electron chi connectivity index (χ4n) is 2.82. The van der Waals surface area contributed by atoms with Crippen LogP contribution in [-0.2, 0) is 47.4 Å². The van der Waals surface area contributed by atoms with Crippen LogP contribution in [0.1, 0.15) is 59.8 Å². The molecule has 10 nitrogen and oxygen atoms in total. The molecular formula is C27H54O10. The van der Waals surface area contributed by atoms with Crippen LogP contribution in [0, 0.1) is 0 Å². The Morgan fingerprint density at radius 2 is 0.784 bits per heavy atom. The molecule has 0 amide bonds. The molecule has 0 aliphatic heterocycles. The van der Waals surface area contributed by atoms with E-state index in [-0.39, 0.29) is 12.4 Å². The topological polar surface area (TPSA) is 100 Å². The first-order chi connectivity index (χ1) is 18.0. The van der Waals surface area contributed by atoms with Gasteiger partial charge in [-0.1, -0.05) is 26.2 Å². The molecule has 0 saturated heterocycles. The number of carbonyl (C=O) groups excluding carboxylic acids is 1. The summed E-state index contributed by atoms with van der Waals surface area (Å²) in [5.41, 5.74) is -0.465. The Balaban J connectivity index is 3.09. The monoisotopic (exact) mass is 538 g/mol. The fraction of sp³-hybridized carbons (Fsp3) is 0.963. The van der Waals surface area contributed by atoms with Gasteiger partial charge in [0, 0.05) is 6.61 Å². The van der Waals surface area contributed by atoms with Gasteiger partial charge < -0.3 is 42.6 Å². The van der Waals surface area contributed by atoms with E-state index in [9.17, 15) is 4.79 Å². The number of hydrogen-bond acceptors (Lipinski definition) is 10.